The Morgan fingerprint density at radius 1 is 1.26 bits per heavy atom. The second kappa shape index (κ2) is 8.88. The van der Waals surface area contributed by atoms with Crippen molar-refractivity contribution in [1.29, 1.82) is 0 Å². The van der Waals surface area contributed by atoms with Gasteiger partial charge in [-0.3, -0.25) is 9.59 Å². The summed E-state index contributed by atoms with van der Waals surface area (Å²) in [5.74, 6) is -0.596. The van der Waals surface area contributed by atoms with Crippen LogP contribution in [0.5, 0.6) is 0 Å². The molecule has 2 aromatic rings. The van der Waals surface area contributed by atoms with Gasteiger partial charge >= 0.3 is 6.18 Å². The van der Waals surface area contributed by atoms with Gasteiger partial charge in [0.2, 0.25) is 5.91 Å². The third-order valence-electron chi connectivity index (χ3n) is 4.94. The van der Waals surface area contributed by atoms with Crippen molar-refractivity contribution in [3.05, 3.63) is 59.9 Å². The number of benzene rings is 1. The van der Waals surface area contributed by atoms with Crippen LogP contribution in [-0.4, -0.2) is 69.9 Å². The smallest absolute Gasteiger partial charge is 0.369 e. The van der Waals surface area contributed by atoms with E-state index in [1.165, 1.54) is 38.9 Å². The van der Waals surface area contributed by atoms with Crippen LogP contribution in [0.4, 0.5) is 13.2 Å². The summed E-state index contributed by atoms with van der Waals surface area (Å²) in [7, 11) is 3.19. The van der Waals surface area contributed by atoms with E-state index in [1.807, 2.05) is 0 Å². The number of hydrogen-bond donors (Lipinski definition) is 0. The zero-order valence-electron chi connectivity index (χ0n) is 17.0. The number of ether oxygens (including phenoxy) is 1. The van der Waals surface area contributed by atoms with Crippen LogP contribution in [0, 0.1) is 0 Å². The van der Waals surface area contributed by atoms with Crippen molar-refractivity contribution in [2.45, 2.75) is 24.9 Å². The van der Waals surface area contributed by atoms with Crippen molar-refractivity contribution >= 4 is 11.8 Å². The van der Waals surface area contributed by atoms with E-state index in [9.17, 15) is 22.8 Å². The fourth-order valence-corrected chi connectivity index (χ4v) is 3.24. The van der Waals surface area contributed by atoms with Gasteiger partial charge in [0.15, 0.2) is 5.69 Å². The third-order valence-corrected chi connectivity index (χ3v) is 4.94. The van der Waals surface area contributed by atoms with Gasteiger partial charge in [-0.05, 0) is 23.8 Å². The van der Waals surface area contributed by atoms with Crippen molar-refractivity contribution < 1.29 is 27.5 Å². The summed E-state index contributed by atoms with van der Waals surface area (Å²) in [4.78, 5) is 27.1. The number of carbonyl (C=O) groups is 2. The van der Waals surface area contributed by atoms with E-state index >= 15 is 0 Å². The molecule has 11 heteroatoms. The first kappa shape index (κ1) is 22.5. The van der Waals surface area contributed by atoms with Gasteiger partial charge in [-0.1, -0.05) is 23.9 Å². The zero-order valence-corrected chi connectivity index (χ0v) is 17.0. The minimum atomic E-state index is -4.41. The van der Waals surface area contributed by atoms with Crippen molar-refractivity contribution in [2.24, 2.45) is 0 Å². The highest BCUT2D eigenvalue weighted by molar-refractivity contribution is 5.91. The van der Waals surface area contributed by atoms with Crippen LogP contribution in [-0.2, 0) is 22.3 Å². The fraction of sp³-hybridized carbons (Fsp3) is 0.400. The molecule has 1 saturated heterocycles. The highest BCUT2D eigenvalue weighted by atomic mass is 19.4. The fourth-order valence-electron chi connectivity index (χ4n) is 3.24. The van der Waals surface area contributed by atoms with Crippen LogP contribution >= 0.6 is 0 Å². The lowest BCUT2D eigenvalue weighted by Gasteiger charge is -2.19. The Kier molecular flexibility index (Phi) is 6.44. The Morgan fingerprint density at radius 2 is 1.94 bits per heavy atom. The summed E-state index contributed by atoms with van der Waals surface area (Å²) < 4.78 is 45.6. The summed E-state index contributed by atoms with van der Waals surface area (Å²) in [6, 6.07) is 4.27. The molecular weight excluding hydrogens is 415 g/mol. The molecule has 1 aromatic carbocycles. The minimum Gasteiger partial charge on any atom is -0.369 e. The minimum absolute atomic E-state index is 0.0492. The van der Waals surface area contributed by atoms with E-state index in [2.05, 4.69) is 16.9 Å². The van der Waals surface area contributed by atoms with Crippen molar-refractivity contribution in [2.75, 3.05) is 27.2 Å². The molecule has 166 valence electrons. The second-order valence-electron chi connectivity index (χ2n) is 7.34. The molecule has 1 fully saturated rings. The molecule has 0 bridgehead atoms. The van der Waals surface area contributed by atoms with E-state index in [0.29, 0.717) is 5.56 Å². The number of hydrogen-bond acceptors (Lipinski definition) is 5. The first-order chi connectivity index (χ1) is 14.6. The lowest BCUT2D eigenvalue weighted by atomic mass is 10.1. The predicted octanol–water partition coefficient (Wildman–Crippen LogP) is 2.15. The molecule has 0 saturated carbocycles. The summed E-state index contributed by atoms with van der Waals surface area (Å²) >= 11 is 0. The normalized spacial score (nSPS) is 18.8. The Morgan fingerprint density at radius 3 is 2.52 bits per heavy atom. The number of likely N-dealkylation sites (tertiary alicyclic amines) is 1. The largest absolute Gasteiger partial charge is 0.416 e. The molecule has 1 aliphatic rings. The molecule has 0 aliphatic carbocycles. The maximum Gasteiger partial charge on any atom is 0.416 e. The van der Waals surface area contributed by atoms with Crippen molar-refractivity contribution in [1.82, 2.24) is 24.8 Å². The third kappa shape index (κ3) is 5.10. The quantitative estimate of drug-likeness (QED) is 0.647. The first-order valence-corrected chi connectivity index (χ1v) is 9.42. The maximum atomic E-state index is 12.7. The van der Waals surface area contributed by atoms with Gasteiger partial charge in [0.1, 0.15) is 0 Å². The van der Waals surface area contributed by atoms with Crippen molar-refractivity contribution in [3.63, 3.8) is 0 Å². The van der Waals surface area contributed by atoms with E-state index in [0.717, 1.165) is 12.1 Å². The molecule has 0 spiro atoms. The van der Waals surface area contributed by atoms with Crippen molar-refractivity contribution in [3.8, 4) is 0 Å². The summed E-state index contributed by atoms with van der Waals surface area (Å²) in [5, 5.41) is 7.91. The number of nitrogens with zero attached hydrogens (tertiary/aromatic N) is 5. The predicted molar refractivity (Wildman–Crippen MR) is 104 cm³/mol. The average Bonchev–Trinajstić information content (AvgIpc) is 3.37. The second-order valence-corrected chi connectivity index (χ2v) is 7.34. The van der Waals surface area contributed by atoms with Crippen LogP contribution < -0.4 is 0 Å². The van der Waals surface area contributed by atoms with Crippen LogP contribution in [0.1, 0.15) is 27.7 Å². The molecule has 8 nitrogen and oxygen atoms in total. The van der Waals surface area contributed by atoms with Crippen LogP contribution in [0.25, 0.3) is 0 Å². The molecule has 3 rings (SSSR count). The van der Waals surface area contributed by atoms with E-state index in [-0.39, 0.29) is 37.2 Å². The molecule has 31 heavy (non-hydrogen) atoms. The topological polar surface area (TPSA) is 80.6 Å². The SMILES string of the molecule is C=CC(=O)N1C[C@@H](n2cc(C(=O)N(C)C)nn2)[C@H](OCc2ccc(C(F)(F)F)cc2)C1. The van der Waals surface area contributed by atoms with Gasteiger partial charge in [0, 0.05) is 27.2 Å². The Balaban J connectivity index is 1.75. The molecule has 1 aromatic heterocycles. The standard InChI is InChI=1S/C20H22F3N5O3/c1-4-18(29)27-10-16(28-9-15(24-25-28)19(30)26(2)3)17(11-27)31-12-13-5-7-14(8-6-13)20(21,22)23/h4-9,16-17H,1,10-12H2,2-3H3/t16-,17-/m1/s1. The van der Waals surface area contributed by atoms with Gasteiger partial charge < -0.3 is 14.5 Å². The van der Waals surface area contributed by atoms with E-state index in [1.54, 1.807) is 14.1 Å². The maximum absolute atomic E-state index is 12.7. The van der Waals surface area contributed by atoms with Gasteiger partial charge in [-0.25, -0.2) is 4.68 Å². The molecule has 0 unspecified atom stereocenters. The highest BCUT2D eigenvalue weighted by Gasteiger charge is 2.38. The Bertz CT molecular complexity index is 956. The number of aromatic nitrogens is 3. The molecule has 2 amide bonds. The van der Waals surface area contributed by atoms with Crippen LogP contribution in [0.2, 0.25) is 0 Å². The molecule has 2 atom stereocenters. The lowest BCUT2D eigenvalue weighted by Crippen LogP contribution is -2.28. The van der Waals surface area contributed by atoms with Crippen LogP contribution in [0.15, 0.2) is 43.1 Å². The molecule has 2 heterocycles. The van der Waals surface area contributed by atoms with Gasteiger partial charge in [0.25, 0.3) is 5.91 Å². The first-order valence-electron chi connectivity index (χ1n) is 9.42. The number of alkyl halides is 3. The van der Waals surface area contributed by atoms with E-state index < -0.39 is 23.9 Å². The van der Waals surface area contributed by atoms with Crippen LogP contribution in [0.3, 0.4) is 0 Å². The molecule has 1 aliphatic heterocycles. The molecule has 0 N–H and O–H groups in total. The summed E-state index contributed by atoms with van der Waals surface area (Å²) in [5.41, 5.74) is -0.0271. The van der Waals surface area contributed by atoms with E-state index in [4.69, 9.17) is 4.74 Å². The zero-order chi connectivity index (χ0) is 22.8. The average molecular weight is 437 g/mol. The summed E-state index contributed by atoms with van der Waals surface area (Å²) in [6.07, 6.45) is -2.23. The number of carbonyl (C=O) groups excluding carboxylic acids is 2. The number of halogens is 3. The molecule has 0 radical (unpaired) electrons. The van der Waals surface area contributed by atoms with Gasteiger partial charge in [0.05, 0.1) is 30.5 Å². The highest BCUT2D eigenvalue weighted by Crippen LogP contribution is 2.30. The Labute approximate surface area is 176 Å². The van der Waals surface area contributed by atoms with Gasteiger partial charge in [-0.2, -0.15) is 13.2 Å². The number of rotatable bonds is 6. The molecular formula is C20H22F3N5O3. The monoisotopic (exact) mass is 437 g/mol. The Hall–Kier alpha value is -3.21. The lowest BCUT2D eigenvalue weighted by molar-refractivity contribution is -0.137. The summed E-state index contributed by atoms with van der Waals surface area (Å²) in [6.45, 7) is 4.05. The number of amides is 2. The van der Waals surface area contributed by atoms with Gasteiger partial charge in [-0.15, -0.1) is 5.10 Å².